The van der Waals surface area contributed by atoms with Crippen LogP contribution >= 0.6 is 0 Å². The molecule has 18 atom stereocenters. The molecule has 62 heavy (non-hydrogen) atoms. The van der Waals surface area contributed by atoms with Crippen molar-refractivity contribution in [1.29, 1.82) is 0 Å². The molecule has 8 fully saturated rings. The third-order valence-electron chi connectivity index (χ3n) is 24.3. The summed E-state index contributed by atoms with van der Waals surface area (Å²) in [5.74, 6) is 8.91. The van der Waals surface area contributed by atoms with E-state index in [0.717, 1.165) is 67.6 Å². The maximum atomic E-state index is 15.3. The summed E-state index contributed by atoms with van der Waals surface area (Å²) in [6, 6.07) is 0. The van der Waals surface area contributed by atoms with Crippen LogP contribution in [0.15, 0.2) is 11.6 Å². The molecule has 4 unspecified atom stereocenters. The van der Waals surface area contributed by atoms with E-state index in [1.165, 1.54) is 103 Å². The zero-order chi connectivity index (χ0) is 45.0. The molecule has 0 spiro atoms. The Labute approximate surface area is 383 Å². The van der Waals surface area contributed by atoms with Crippen LogP contribution < -0.4 is 0 Å². The molecule has 3 nitrogen and oxygen atoms in total. The fourth-order valence-corrected chi connectivity index (χ4v) is 20.8. The van der Waals surface area contributed by atoms with Crippen LogP contribution in [0.2, 0.25) is 0 Å². The standard InChI is InChI=1S/C57H94O3.C2H6/c1-35(2)14-13-15-37(5)42-18-19-43-41-17-16-38-34-39(22-27-52(38,8)44(41)24-28-53(42,43)9)60-50(59)57-31-23-40(36(3)4)49(57)45-20-21-47-54(10)29-26-48(58)51(6,7)46(54)25-30-56(47,12)55(45,11)32-33-57;1-2/h16,35-37,39-49,58H,13-15,17-34H2,1-12H3;1-2H3/t37-,39-,40?,41+,42?,43+,44+,45-,46?,47-,48+,49?,52+,53-,54+,55-,56-,57+;/m1./s1. The lowest BCUT2D eigenvalue weighted by molar-refractivity contribution is -0.250. The van der Waals surface area contributed by atoms with Gasteiger partial charge in [-0.2, -0.15) is 0 Å². The van der Waals surface area contributed by atoms with E-state index >= 15 is 4.79 Å². The van der Waals surface area contributed by atoms with Gasteiger partial charge in [-0.3, -0.25) is 4.79 Å². The Morgan fingerprint density at radius 1 is 0.694 bits per heavy atom. The van der Waals surface area contributed by atoms with Crippen molar-refractivity contribution in [3.05, 3.63) is 11.6 Å². The fraction of sp³-hybridized carbons (Fsp3) is 0.949. The van der Waals surface area contributed by atoms with Gasteiger partial charge < -0.3 is 9.84 Å². The van der Waals surface area contributed by atoms with Crippen LogP contribution in [0.25, 0.3) is 0 Å². The monoisotopic (exact) mass is 857 g/mol. The maximum absolute atomic E-state index is 15.3. The second-order valence-electron chi connectivity index (χ2n) is 27.2. The maximum Gasteiger partial charge on any atom is 0.312 e. The van der Waals surface area contributed by atoms with Gasteiger partial charge in [0.05, 0.1) is 11.5 Å². The third kappa shape index (κ3) is 6.91. The number of carbonyl (C=O) groups is 1. The SMILES string of the molecule is CC.CC(C)CCC[C@@H](C)C1CC[C@H]2[C@@H]3CC=C4C[C@H](OC(=O)[C@]56CCC(C(C)C)C5[C@H]5CC[C@@H]7[C@@]8(C)CC[C@H](O)C(C)(C)C8CC[C@@]7(C)[C@]5(C)CC6)CC[C@]4(C)[C@H]3CC[C@]12C. The molecule has 0 aromatic carbocycles. The first kappa shape index (κ1) is 47.7. The van der Waals surface area contributed by atoms with Crippen molar-refractivity contribution in [2.45, 2.75) is 244 Å². The Hall–Kier alpha value is -0.830. The molecule has 354 valence electrons. The molecule has 0 saturated heterocycles. The number of rotatable bonds is 8. The predicted octanol–water partition coefficient (Wildman–Crippen LogP) is 16.1. The van der Waals surface area contributed by atoms with Crippen molar-refractivity contribution in [2.75, 3.05) is 0 Å². The number of aliphatic hydroxyl groups excluding tert-OH is 1. The number of ether oxygens (including phenoxy) is 1. The summed E-state index contributed by atoms with van der Waals surface area (Å²) in [6.45, 7) is 34.6. The van der Waals surface area contributed by atoms with Gasteiger partial charge in [-0.05, 0) is 213 Å². The lowest BCUT2D eigenvalue weighted by atomic mass is 9.32. The predicted molar refractivity (Wildman–Crippen MR) is 259 cm³/mol. The molecule has 0 aliphatic heterocycles. The minimum atomic E-state index is -0.300. The summed E-state index contributed by atoms with van der Waals surface area (Å²) in [4.78, 5) is 15.3. The van der Waals surface area contributed by atoms with Gasteiger partial charge in [-0.25, -0.2) is 0 Å². The summed E-state index contributed by atoms with van der Waals surface area (Å²) in [5, 5.41) is 11.2. The molecule has 0 amide bonds. The van der Waals surface area contributed by atoms with Crippen molar-refractivity contribution in [3.8, 4) is 0 Å². The molecule has 0 aromatic heterocycles. The molecule has 0 aromatic rings. The average Bonchev–Trinajstić information content (AvgIpc) is 3.80. The van der Waals surface area contributed by atoms with Crippen molar-refractivity contribution < 1.29 is 14.6 Å². The van der Waals surface area contributed by atoms with Crippen molar-refractivity contribution in [2.24, 2.45) is 109 Å². The van der Waals surface area contributed by atoms with E-state index in [2.05, 4.69) is 89.2 Å². The Morgan fingerprint density at radius 2 is 1.40 bits per heavy atom. The van der Waals surface area contributed by atoms with Crippen molar-refractivity contribution in [1.82, 2.24) is 0 Å². The number of allylic oxidation sites excluding steroid dienone is 1. The molecule has 9 aliphatic carbocycles. The third-order valence-corrected chi connectivity index (χ3v) is 24.3. The van der Waals surface area contributed by atoms with E-state index in [9.17, 15) is 5.11 Å². The molecule has 0 bridgehead atoms. The van der Waals surface area contributed by atoms with Gasteiger partial charge in [-0.1, -0.05) is 128 Å². The highest BCUT2D eigenvalue weighted by atomic mass is 16.5. The van der Waals surface area contributed by atoms with Gasteiger partial charge >= 0.3 is 5.97 Å². The molecular formula is C59H100O3. The van der Waals surface area contributed by atoms with Gasteiger partial charge in [0.15, 0.2) is 0 Å². The Bertz CT molecular complexity index is 1660. The van der Waals surface area contributed by atoms with Crippen LogP contribution in [-0.2, 0) is 9.53 Å². The van der Waals surface area contributed by atoms with E-state index in [-0.39, 0.29) is 50.7 Å². The summed E-state index contributed by atoms with van der Waals surface area (Å²) < 4.78 is 7.03. The molecule has 0 radical (unpaired) electrons. The Kier molecular flexibility index (Phi) is 12.9. The quantitative estimate of drug-likeness (QED) is 0.195. The summed E-state index contributed by atoms with van der Waals surface area (Å²) in [5.41, 5.74) is 2.97. The van der Waals surface area contributed by atoms with Crippen LogP contribution in [0, 0.1) is 109 Å². The van der Waals surface area contributed by atoms with Gasteiger partial charge in [0.2, 0.25) is 0 Å². The smallest absolute Gasteiger partial charge is 0.312 e. The van der Waals surface area contributed by atoms with Crippen molar-refractivity contribution >= 4 is 5.97 Å². The second kappa shape index (κ2) is 16.7. The molecule has 3 heteroatoms. The lowest BCUT2D eigenvalue weighted by Crippen LogP contribution is -2.67. The topological polar surface area (TPSA) is 46.5 Å². The molecule has 9 rings (SSSR count). The minimum absolute atomic E-state index is 0.0136. The number of esters is 1. The highest BCUT2D eigenvalue weighted by molar-refractivity contribution is 5.78. The van der Waals surface area contributed by atoms with Crippen LogP contribution in [0.5, 0.6) is 0 Å². The first-order valence-electron chi connectivity index (χ1n) is 27.8. The molecule has 8 saturated carbocycles. The highest BCUT2D eigenvalue weighted by Crippen LogP contribution is 2.78. The molecule has 9 aliphatic rings. The second-order valence-corrected chi connectivity index (χ2v) is 27.2. The highest BCUT2D eigenvalue weighted by Gasteiger charge is 2.72. The van der Waals surface area contributed by atoms with Gasteiger partial charge in [0.25, 0.3) is 0 Å². The summed E-state index contributed by atoms with van der Waals surface area (Å²) in [6.07, 6.45) is 28.8. The minimum Gasteiger partial charge on any atom is -0.462 e. The van der Waals surface area contributed by atoms with E-state index in [1.54, 1.807) is 5.57 Å². The first-order chi connectivity index (χ1) is 29.2. The van der Waals surface area contributed by atoms with Crippen LogP contribution in [0.3, 0.4) is 0 Å². The van der Waals surface area contributed by atoms with Gasteiger partial charge in [-0.15, -0.1) is 0 Å². The van der Waals surface area contributed by atoms with Crippen LogP contribution in [0.4, 0.5) is 0 Å². The van der Waals surface area contributed by atoms with E-state index < -0.39 is 0 Å². The van der Waals surface area contributed by atoms with Crippen molar-refractivity contribution in [3.63, 3.8) is 0 Å². The number of hydrogen-bond acceptors (Lipinski definition) is 3. The molecule has 1 N–H and O–H groups in total. The zero-order valence-electron chi connectivity index (χ0n) is 43.3. The normalized spacial score (nSPS) is 50.6. The van der Waals surface area contributed by atoms with Crippen LogP contribution in [-0.4, -0.2) is 23.3 Å². The number of hydrogen-bond donors (Lipinski definition) is 1. The average molecular weight is 857 g/mol. The van der Waals surface area contributed by atoms with Gasteiger partial charge in [0, 0.05) is 6.42 Å². The van der Waals surface area contributed by atoms with E-state index in [4.69, 9.17) is 4.74 Å². The lowest BCUT2D eigenvalue weighted by Gasteiger charge is -2.72. The summed E-state index contributed by atoms with van der Waals surface area (Å²) in [7, 11) is 0. The first-order valence-corrected chi connectivity index (χ1v) is 27.8. The summed E-state index contributed by atoms with van der Waals surface area (Å²) >= 11 is 0. The molecular weight excluding hydrogens is 757 g/mol. The fourth-order valence-electron chi connectivity index (χ4n) is 20.8. The number of aliphatic hydroxyl groups is 1. The van der Waals surface area contributed by atoms with E-state index in [0.29, 0.717) is 40.9 Å². The Morgan fingerprint density at radius 3 is 2.11 bits per heavy atom. The molecule has 0 heterocycles. The number of fused-ring (bicyclic) bond motifs is 12. The number of carbonyl (C=O) groups excluding carboxylic acids is 1. The van der Waals surface area contributed by atoms with Crippen LogP contribution in [0.1, 0.15) is 232 Å². The van der Waals surface area contributed by atoms with E-state index in [1.807, 2.05) is 13.8 Å². The Balaban J connectivity index is 0.00000261. The van der Waals surface area contributed by atoms with Gasteiger partial charge in [0.1, 0.15) is 6.10 Å². The zero-order valence-corrected chi connectivity index (χ0v) is 43.3. The largest absolute Gasteiger partial charge is 0.462 e.